The minimum atomic E-state index is -0.963. The van der Waals surface area contributed by atoms with Gasteiger partial charge in [-0.15, -0.1) is 0 Å². The van der Waals surface area contributed by atoms with Crippen molar-refractivity contribution in [3.63, 3.8) is 0 Å². The van der Waals surface area contributed by atoms with Crippen molar-refractivity contribution in [2.75, 3.05) is 0 Å². The van der Waals surface area contributed by atoms with Crippen LogP contribution in [0.15, 0.2) is 23.5 Å². The summed E-state index contributed by atoms with van der Waals surface area (Å²) in [4.78, 5) is 39.5. The Morgan fingerprint density at radius 2 is 1.82 bits per heavy atom. The molecule has 2 saturated carbocycles. The number of carbonyl (C=O) groups excluding carboxylic acids is 3. The predicted octanol–water partition coefficient (Wildman–Crippen LogP) is 3.03. The van der Waals surface area contributed by atoms with Crippen molar-refractivity contribution in [2.24, 2.45) is 39.4 Å². The van der Waals surface area contributed by atoms with Gasteiger partial charge in [0.25, 0.3) is 0 Å². The Balaban J connectivity index is 1.39. The van der Waals surface area contributed by atoms with Crippen molar-refractivity contribution in [1.82, 2.24) is 0 Å². The second-order valence-electron chi connectivity index (χ2n) is 12.5. The van der Waals surface area contributed by atoms with E-state index in [0.717, 1.165) is 12.8 Å². The Hall–Kier alpha value is -1.99. The monoisotopic (exact) mass is 454 g/mol. The minimum Gasteiger partial charge on any atom is -0.504 e. The third kappa shape index (κ3) is 1.84. The normalized spacial score (nSPS) is 57.1. The average Bonchev–Trinajstić information content (AvgIpc) is 3.61. The van der Waals surface area contributed by atoms with Gasteiger partial charge in [-0.1, -0.05) is 19.9 Å². The molecule has 0 amide bonds. The molecule has 0 radical (unpaired) electrons. The molecule has 5 fully saturated rings. The number of aliphatic hydroxyl groups is 1. The number of ketones is 2. The van der Waals surface area contributed by atoms with Crippen molar-refractivity contribution in [1.29, 1.82) is 0 Å². The molecule has 7 nitrogen and oxygen atoms in total. The molecular formula is C26H30O7. The summed E-state index contributed by atoms with van der Waals surface area (Å²) in [6, 6.07) is 0. The van der Waals surface area contributed by atoms with E-state index < -0.39 is 33.6 Å². The Morgan fingerprint density at radius 1 is 1.09 bits per heavy atom. The van der Waals surface area contributed by atoms with E-state index in [2.05, 4.69) is 13.8 Å². The van der Waals surface area contributed by atoms with Crippen LogP contribution in [-0.4, -0.2) is 46.7 Å². The molecule has 1 N–H and O–H groups in total. The van der Waals surface area contributed by atoms with Crippen molar-refractivity contribution < 1.29 is 33.7 Å². The van der Waals surface area contributed by atoms with Crippen LogP contribution in [0.1, 0.15) is 53.9 Å². The molecule has 0 bridgehead atoms. The molecule has 1 spiro atoms. The van der Waals surface area contributed by atoms with Gasteiger partial charge in [0.15, 0.2) is 11.5 Å². The maximum absolute atomic E-state index is 14.1. The molecule has 0 aromatic carbocycles. The van der Waals surface area contributed by atoms with Gasteiger partial charge in [0.1, 0.15) is 11.7 Å². The summed E-state index contributed by atoms with van der Waals surface area (Å²) < 4.78 is 17.4. The van der Waals surface area contributed by atoms with Gasteiger partial charge in [-0.3, -0.25) is 14.4 Å². The molecule has 3 saturated heterocycles. The molecule has 3 aliphatic heterocycles. The molecular weight excluding hydrogens is 424 g/mol. The second kappa shape index (κ2) is 5.30. The van der Waals surface area contributed by atoms with E-state index in [1.807, 2.05) is 13.0 Å². The van der Waals surface area contributed by atoms with Crippen LogP contribution in [0.4, 0.5) is 0 Å². The lowest BCUT2D eigenvalue weighted by molar-refractivity contribution is -0.173. The summed E-state index contributed by atoms with van der Waals surface area (Å²) in [6.45, 7) is 9.76. The Labute approximate surface area is 192 Å². The van der Waals surface area contributed by atoms with Gasteiger partial charge in [0.2, 0.25) is 12.1 Å². The molecule has 3 heterocycles. The molecule has 33 heavy (non-hydrogen) atoms. The van der Waals surface area contributed by atoms with E-state index >= 15 is 0 Å². The highest BCUT2D eigenvalue weighted by Gasteiger charge is 2.88. The standard InChI is InChI=1S/C26H30O7/c1-22(2)13(27)7-8-23(3)12-6-9-24(4)11(15-17-21(31-17)32-20(15)30)10-14-26(24,33-14)25(12,5)19(29)16(28)18(22)23/h7-8,11-12,14-15,17,21,28H,6,9-10H2,1-5H3/t11-,12+,14+,15+,17+,21-,23-,24-,25?,26+/m0/s1. The molecule has 10 atom stereocenters. The van der Waals surface area contributed by atoms with Crippen LogP contribution in [0, 0.1) is 39.4 Å². The number of fused-ring (bicyclic) bond motifs is 4. The Kier molecular flexibility index (Phi) is 3.28. The van der Waals surface area contributed by atoms with Crippen molar-refractivity contribution in [3.05, 3.63) is 23.5 Å². The highest BCUT2D eigenvalue weighted by Crippen LogP contribution is 2.81. The number of hydrogen-bond acceptors (Lipinski definition) is 7. The van der Waals surface area contributed by atoms with Crippen molar-refractivity contribution in [3.8, 4) is 0 Å². The summed E-state index contributed by atoms with van der Waals surface area (Å²) >= 11 is 0. The lowest BCUT2D eigenvalue weighted by Gasteiger charge is -2.62. The molecule has 176 valence electrons. The van der Waals surface area contributed by atoms with Gasteiger partial charge in [0, 0.05) is 10.8 Å². The first-order valence-electron chi connectivity index (χ1n) is 12.1. The number of aliphatic hydroxyl groups excluding tert-OH is 1. The number of allylic oxidation sites excluding steroid dienone is 4. The summed E-state index contributed by atoms with van der Waals surface area (Å²) in [5.41, 5.74) is -3.17. The lowest BCUT2D eigenvalue weighted by Crippen LogP contribution is -2.67. The average molecular weight is 455 g/mol. The maximum atomic E-state index is 14.1. The number of epoxide rings is 2. The fourth-order valence-corrected chi connectivity index (χ4v) is 9.57. The highest BCUT2D eigenvalue weighted by atomic mass is 16.8. The topological polar surface area (TPSA) is 106 Å². The summed E-state index contributed by atoms with van der Waals surface area (Å²) in [6.07, 6.45) is 5.01. The number of ether oxygens (including phenoxy) is 3. The van der Waals surface area contributed by atoms with Gasteiger partial charge in [-0.05, 0) is 63.5 Å². The van der Waals surface area contributed by atoms with Gasteiger partial charge in [-0.2, -0.15) is 0 Å². The zero-order valence-corrected chi connectivity index (χ0v) is 19.6. The summed E-state index contributed by atoms with van der Waals surface area (Å²) in [5, 5.41) is 11.4. The number of esters is 1. The van der Waals surface area contributed by atoms with Crippen LogP contribution >= 0.6 is 0 Å². The van der Waals surface area contributed by atoms with E-state index in [9.17, 15) is 19.5 Å². The highest BCUT2D eigenvalue weighted by molar-refractivity contribution is 6.06. The zero-order chi connectivity index (χ0) is 23.5. The Bertz CT molecular complexity index is 1130. The fraction of sp³-hybridized carbons (Fsp3) is 0.731. The van der Waals surface area contributed by atoms with Gasteiger partial charge >= 0.3 is 5.97 Å². The van der Waals surface area contributed by atoms with E-state index in [-0.39, 0.29) is 53.3 Å². The van der Waals surface area contributed by atoms with E-state index in [1.165, 1.54) is 0 Å². The molecule has 7 rings (SSSR count). The number of rotatable bonds is 1. The third-order valence-corrected chi connectivity index (χ3v) is 11.1. The first-order chi connectivity index (χ1) is 15.4. The summed E-state index contributed by atoms with van der Waals surface area (Å²) in [7, 11) is 0. The van der Waals surface area contributed by atoms with E-state index in [0.29, 0.717) is 12.0 Å². The minimum absolute atomic E-state index is 0.00654. The van der Waals surface area contributed by atoms with Crippen molar-refractivity contribution >= 4 is 17.5 Å². The van der Waals surface area contributed by atoms with Gasteiger partial charge in [0.05, 0.1) is 22.9 Å². The summed E-state index contributed by atoms with van der Waals surface area (Å²) in [5.74, 6) is -1.34. The maximum Gasteiger partial charge on any atom is 0.314 e. The fourth-order valence-electron chi connectivity index (χ4n) is 9.57. The quantitative estimate of drug-likeness (QED) is 0.479. The van der Waals surface area contributed by atoms with Crippen LogP contribution < -0.4 is 0 Å². The van der Waals surface area contributed by atoms with E-state index in [1.54, 1.807) is 19.9 Å². The SMILES string of the molecule is CC1(C)C(=O)C=C[C@]2(C)C1=C(O)C(=O)C1(C)[C@@H]2CC[C@@]2(C)[C@H]([C@H]3C(=O)O[C@@H]4O[C@@H]43)C[C@H]3O[C@@]312. The first kappa shape index (κ1) is 20.4. The predicted molar refractivity (Wildman–Crippen MR) is 114 cm³/mol. The third-order valence-electron chi connectivity index (χ3n) is 11.1. The van der Waals surface area contributed by atoms with Crippen LogP contribution in [-0.2, 0) is 28.6 Å². The molecule has 7 heteroatoms. The number of Topliss-reactive ketones (excluding diaryl/α,β-unsaturated/α-hetero) is 1. The molecule has 0 aromatic heterocycles. The van der Waals surface area contributed by atoms with Crippen molar-refractivity contribution in [2.45, 2.75) is 78.0 Å². The largest absolute Gasteiger partial charge is 0.504 e. The number of hydrogen-bond donors (Lipinski definition) is 1. The molecule has 0 aromatic rings. The molecule has 4 aliphatic carbocycles. The number of carbonyl (C=O) groups is 3. The first-order valence-corrected chi connectivity index (χ1v) is 12.1. The van der Waals surface area contributed by atoms with Crippen LogP contribution in [0.2, 0.25) is 0 Å². The van der Waals surface area contributed by atoms with Gasteiger partial charge < -0.3 is 19.3 Å². The van der Waals surface area contributed by atoms with Crippen LogP contribution in [0.5, 0.6) is 0 Å². The smallest absolute Gasteiger partial charge is 0.314 e. The Morgan fingerprint density at radius 3 is 2.48 bits per heavy atom. The molecule has 7 aliphatic rings. The lowest BCUT2D eigenvalue weighted by atomic mass is 9.39. The van der Waals surface area contributed by atoms with E-state index in [4.69, 9.17) is 14.2 Å². The zero-order valence-electron chi connectivity index (χ0n) is 19.6. The molecule has 1 unspecified atom stereocenters. The van der Waals surface area contributed by atoms with Crippen LogP contribution in [0.3, 0.4) is 0 Å². The van der Waals surface area contributed by atoms with Gasteiger partial charge in [-0.25, -0.2) is 0 Å². The van der Waals surface area contributed by atoms with Crippen LogP contribution in [0.25, 0.3) is 0 Å². The second-order valence-corrected chi connectivity index (χ2v) is 12.5.